The third kappa shape index (κ3) is 6.50. The number of rotatable bonds is 2. The molecule has 1 saturated carbocycles. The van der Waals surface area contributed by atoms with Crippen LogP contribution in [0.2, 0.25) is 0 Å². The van der Waals surface area contributed by atoms with Crippen molar-refractivity contribution in [3.63, 3.8) is 0 Å². The Hall–Kier alpha value is -3.41. The van der Waals surface area contributed by atoms with E-state index >= 15 is 8.78 Å². The molecule has 1 amide bonds. The van der Waals surface area contributed by atoms with Gasteiger partial charge in [0.15, 0.2) is 5.69 Å². The molecule has 3 aliphatic rings. The minimum absolute atomic E-state index is 0.0378. The molecule has 2 fully saturated rings. The molecule has 12 heteroatoms. The number of carbonyl (C=O) groups is 3. The molecule has 0 unspecified atom stereocenters. The minimum Gasteiger partial charge on any atom is -0.497 e. The molecule has 2 bridgehead atoms. The first-order chi connectivity index (χ1) is 20.8. The number of aldehydes is 1. The maximum Gasteiger partial charge on any atom is 0.317 e. The van der Waals surface area contributed by atoms with Gasteiger partial charge in [0, 0.05) is 18.6 Å². The highest BCUT2D eigenvalue weighted by molar-refractivity contribution is 5.87. The fourth-order valence-corrected chi connectivity index (χ4v) is 6.51. The fraction of sp³-hybridized carbons (Fsp3) is 0.656. The van der Waals surface area contributed by atoms with Gasteiger partial charge >= 0.3 is 11.9 Å². The molecule has 5 rings (SSSR count). The number of carbonyl (C=O) groups excluding carboxylic acids is 3. The van der Waals surface area contributed by atoms with E-state index in [0.29, 0.717) is 24.9 Å². The Labute approximate surface area is 255 Å². The van der Waals surface area contributed by atoms with E-state index < -0.39 is 59.5 Å². The van der Waals surface area contributed by atoms with Crippen LogP contribution in [-0.2, 0) is 29.8 Å². The number of aromatic nitrogens is 2. The molecule has 0 N–H and O–H groups in total. The van der Waals surface area contributed by atoms with E-state index in [1.165, 1.54) is 12.0 Å². The lowest BCUT2D eigenvalue weighted by Gasteiger charge is -2.34. The van der Waals surface area contributed by atoms with Gasteiger partial charge in [-0.3, -0.25) is 9.59 Å². The molecule has 1 saturated heterocycles. The van der Waals surface area contributed by atoms with Crippen molar-refractivity contribution in [3.8, 4) is 11.6 Å². The molecule has 6 atom stereocenters. The van der Waals surface area contributed by atoms with E-state index in [1.807, 2.05) is 20.8 Å². The number of hydrogen-bond donors (Lipinski definition) is 0. The summed E-state index contributed by atoms with van der Waals surface area (Å²) in [6.45, 7) is 6.34. The Kier molecular flexibility index (Phi) is 9.11. The molecule has 3 heterocycles. The Morgan fingerprint density at radius 1 is 1.07 bits per heavy atom. The monoisotopic (exact) mass is 617 g/mol. The molecule has 240 valence electrons. The Morgan fingerprint density at radius 3 is 2.55 bits per heavy atom. The van der Waals surface area contributed by atoms with Crippen molar-refractivity contribution in [2.24, 2.45) is 23.2 Å². The molecule has 0 radical (unpaired) electrons. The van der Waals surface area contributed by atoms with Gasteiger partial charge < -0.3 is 28.6 Å². The molecular formula is C32H41F2N3O7. The smallest absolute Gasteiger partial charge is 0.317 e. The van der Waals surface area contributed by atoms with Gasteiger partial charge in [0.25, 0.3) is 0 Å². The van der Waals surface area contributed by atoms with E-state index in [4.69, 9.17) is 18.9 Å². The van der Waals surface area contributed by atoms with Gasteiger partial charge in [0.1, 0.15) is 30.9 Å². The second kappa shape index (κ2) is 12.5. The summed E-state index contributed by atoms with van der Waals surface area (Å²) in [5.74, 6) is -5.76. The molecule has 1 aromatic heterocycles. The zero-order valence-electron chi connectivity index (χ0n) is 25.9. The summed E-state index contributed by atoms with van der Waals surface area (Å²) in [6.07, 6.45) is 2.02. The average molecular weight is 618 g/mol. The molecule has 0 spiro atoms. The second-order valence-electron chi connectivity index (χ2n) is 13.3. The first-order valence-corrected chi connectivity index (χ1v) is 15.3. The Bertz CT molecular complexity index is 1400. The zero-order chi connectivity index (χ0) is 31.8. The normalized spacial score (nSPS) is 30.0. The minimum atomic E-state index is -3.57. The van der Waals surface area contributed by atoms with Crippen molar-refractivity contribution < 1.29 is 42.1 Å². The number of alkyl halides is 2. The molecule has 2 aliphatic heterocycles. The van der Waals surface area contributed by atoms with E-state index in [2.05, 4.69) is 9.97 Å². The standard InChI is InChI=1S/C32H41F2N3O7/c1-18-24(16-38)37-15-26(18)44-29-28(35-22-10-9-20(41-5)13-23(22)36-29)32(33,34)17-42-12-11-19-7-6-8-25(19)43-27(39)14-21(30(37)40)31(2,3)4/h9-10,13,16,18-19,21,24-26H,6-8,11-12,14-15,17H2,1-5H3/t18-,19-,21+,24+,25+,26-/m0/s1. The predicted octanol–water partition coefficient (Wildman–Crippen LogP) is 4.71. The SMILES string of the molecule is COc1ccc2nc3c(nc2c1)O[C@H]1CN(C(=O)[C@H](C(C)(C)C)CC(=O)O[C@@H]2CCC[C@H]2CCOCC3(F)F)[C@H](C=O)[C@@H]1C. The average Bonchev–Trinajstić information content (AvgIpc) is 3.54. The second-order valence-corrected chi connectivity index (χ2v) is 13.3. The van der Waals surface area contributed by atoms with Crippen molar-refractivity contribution in [1.82, 2.24) is 14.9 Å². The number of methoxy groups -OCH3 is 1. The number of amides is 1. The largest absolute Gasteiger partial charge is 0.497 e. The van der Waals surface area contributed by atoms with Crippen molar-refractivity contribution in [3.05, 3.63) is 23.9 Å². The third-order valence-corrected chi connectivity index (χ3v) is 9.24. The summed E-state index contributed by atoms with van der Waals surface area (Å²) >= 11 is 0. The summed E-state index contributed by atoms with van der Waals surface area (Å²) in [7, 11) is 1.48. The van der Waals surface area contributed by atoms with E-state index in [1.54, 1.807) is 25.1 Å². The molecule has 10 nitrogen and oxygen atoms in total. The van der Waals surface area contributed by atoms with Gasteiger partial charge in [-0.2, -0.15) is 8.78 Å². The van der Waals surface area contributed by atoms with Gasteiger partial charge in [-0.1, -0.05) is 27.7 Å². The number of halogens is 2. The topological polar surface area (TPSA) is 117 Å². The van der Waals surface area contributed by atoms with Crippen LogP contribution in [0.5, 0.6) is 11.6 Å². The van der Waals surface area contributed by atoms with E-state index in [9.17, 15) is 14.4 Å². The lowest BCUT2D eigenvalue weighted by molar-refractivity contribution is -0.158. The number of esters is 1. The first-order valence-electron chi connectivity index (χ1n) is 15.3. The molecule has 2 aromatic rings. The third-order valence-electron chi connectivity index (χ3n) is 9.24. The van der Waals surface area contributed by atoms with Crippen molar-refractivity contribution in [2.45, 2.75) is 84.0 Å². The van der Waals surface area contributed by atoms with E-state index in [-0.39, 0.29) is 48.5 Å². The van der Waals surface area contributed by atoms with Crippen LogP contribution in [-0.4, -0.2) is 78.1 Å². The molecule has 1 aliphatic carbocycles. The highest BCUT2D eigenvalue weighted by atomic mass is 19.3. The lowest BCUT2D eigenvalue weighted by atomic mass is 9.77. The molecule has 44 heavy (non-hydrogen) atoms. The predicted molar refractivity (Wildman–Crippen MR) is 155 cm³/mol. The number of hydrogen-bond acceptors (Lipinski definition) is 9. The van der Waals surface area contributed by atoms with E-state index in [0.717, 1.165) is 12.8 Å². The lowest BCUT2D eigenvalue weighted by Crippen LogP contribution is -2.46. The zero-order valence-corrected chi connectivity index (χ0v) is 25.9. The Balaban J connectivity index is 1.56. The van der Waals surface area contributed by atoms with Crippen LogP contribution in [0, 0.1) is 23.2 Å². The van der Waals surface area contributed by atoms with Crippen molar-refractivity contribution >= 4 is 29.2 Å². The van der Waals surface area contributed by atoms with Gasteiger partial charge in [0.05, 0.1) is 43.1 Å². The van der Waals surface area contributed by atoms with Crippen LogP contribution >= 0.6 is 0 Å². The van der Waals surface area contributed by atoms with Crippen LogP contribution in [0.15, 0.2) is 18.2 Å². The molecule has 1 aromatic carbocycles. The van der Waals surface area contributed by atoms with Crippen LogP contribution in [0.3, 0.4) is 0 Å². The summed E-state index contributed by atoms with van der Waals surface area (Å²) in [5, 5.41) is 0. The maximum absolute atomic E-state index is 15.8. The summed E-state index contributed by atoms with van der Waals surface area (Å²) in [5.41, 5.74) is -0.809. The number of fused-ring (bicyclic) bond motifs is 5. The van der Waals surface area contributed by atoms with Crippen LogP contribution in [0.4, 0.5) is 8.78 Å². The maximum atomic E-state index is 15.8. The molecular weight excluding hydrogens is 576 g/mol. The Morgan fingerprint density at radius 2 is 1.84 bits per heavy atom. The summed E-state index contributed by atoms with van der Waals surface area (Å²) < 4.78 is 54.4. The van der Waals surface area contributed by atoms with Gasteiger partial charge in [-0.05, 0) is 49.1 Å². The van der Waals surface area contributed by atoms with Gasteiger partial charge in [-0.15, -0.1) is 0 Å². The quantitative estimate of drug-likeness (QED) is 0.349. The summed E-state index contributed by atoms with van der Waals surface area (Å²) in [4.78, 5) is 49.6. The van der Waals surface area contributed by atoms with Gasteiger partial charge in [-0.25, -0.2) is 9.97 Å². The fourth-order valence-electron chi connectivity index (χ4n) is 6.51. The van der Waals surface area contributed by atoms with Crippen LogP contribution in [0.1, 0.15) is 65.5 Å². The highest BCUT2D eigenvalue weighted by Gasteiger charge is 2.48. The van der Waals surface area contributed by atoms with Crippen LogP contribution < -0.4 is 9.47 Å². The first kappa shape index (κ1) is 32.0. The number of nitrogens with zero attached hydrogens (tertiary/aromatic N) is 3. The number of ether oxygens (including phenoxy) is 4. The van der Waals surface area contributed by atoms with Crippen molar-refractivity contribution in [2.75, 3.05) is 26.9 Å². The summed E-state index contributed by atoms with van der Waals surface area (Å²) in [6, 6.07) is 3.82. The van der Waals surface area contributed by atoms with Crippen LogP contribution in [0.25, 0.3) is 11.0 Å². The number of benzene rings is 1. The van der Waals surface area contributed by atoms with Crippen molar-refractivity contribution in [1.29, 1.82) is 0 Å². The highest BCUT2D eigenvalue weighted by Crippen LogP contribution is 2.40. The van der Waals surface area contributed by atoms with Gasteiger partial charge in [0.2, 0.25) is 11.8 Å².